The number of hydrogen-bond donors (Lipinski definition) is 1. The molecule has 0 heterocycles. The van der Waals surface area contributed by atoms with Crippen molar-refractivity contribution in [3.05, 3.63) is 0 Å². The summed E-state index contributed by atoms with van der Waals surface area (Å²) < 4.78 is 0. The fourth-order valence-electron chi connectivity index (χ4n) is 6.93. The maximum absolute atomic E-state index is 4.06. The van der Waals surface area contributed by atoms with Crippen LogP contribution in [0.5, 0.6) is 0 Å². The van der Waals surface area contributed by atoms with Crippen LogP contribution in [-0.2, 0) is 0 Å². The summed E-state index contributed by atoms with van der Waals surface area (Å²) in [5.74, 6) is 5.64. The Hall–Kier alpha value is -0.0400. The zero-order valence-electron chi connectivity index (χ0n) is 18.9. The van der Waals surface area contributed by atoms with E-state index in [1.54, 1.807) is 0 Å². The van der Waals surface area contributed by atoms with Crippen LogP contribution in [0.15, 0.2) is 0 Å². The maximum Gasteiger partial charge on any atom is 0.0102 e. The van der Waals surface area contributed by atoms with Gasteiger partial charge >= 0.3 is 0 Å². The zero-order chi connectivity index (χ0) is 19.1. The molecule has 1 nitrogen and oxygen atoms in total. The van der Waals surface area contributed by atoms with Crippen LogP contribution in [0.2, 0.25) is 0 Å². The van der Waals surface area contributed by atoms with Crippen molar-refractivity contribution < 1.29 is 0 Å². The van der Waals surface area contributed by atoms with Crippen molar-refractivity contribution in [2.45, 2.75) is 106 Å². The van der Waals surface area contributed by atoms with E-state index in [-0.39, 0.29) is 0 Å². The third kappa shape index (κ3) is 5.06. The molecule has 0 radical (unpaired) electrons. The van der Waals surface area contributed by atoms with Gasteiger partial charge < -0.3 is 5.32 Å². The minimum Gasteiger partial charge on any atom is -0.313 e. The average Bonchev–Trinajstić information content (AvgIpc) is 3.31. The van der Waals surface area contributed by atoms with Gasteiger partial charge in [-0.1, -0.05) is 67.7 Å². The molecule has 3 aliphatic rings. The lowest BCUT2D eigenvalue weighted by molar-refractivity contribution is 0.0343. The van der Waals surface area contributed by atoms with E-state index in [9.17, 15) is 0 Å². The Morgan fingerprint density at radius 2 is 1.58 bits per heavy atom. The second-order valence-electron chi connectivity index (χ2n) is 12.4. The van der Waals surface area contributed by atoms with E-state index in [1.807, 2.05) is 0 Å². The third-order valence-corrected chi connectivity index (χ3v) is 8.35. The topological polar surface area (TPSA) is 12.0 Å². The monoisotopic (exact) mass is 361 g/mol. The molecule has 3 fully saturated rings. The van der Waals surface area contributed by atoms with Gasteiger partial charge in [-0.05, 0) is 78.4 Å². The first kappa shape index (κ1) is 20.7. The Labute approximate surface area is 164 Å². The molecule has 0 amide bonds. The standard InChI is InChI=1S/C25H47N/c1-17(2)19-9-8-10-20(11-19)22-12-23(22)26-16-25(7)14-21(18(3)4)13-24(5,6)15-25/h17-23,26H,8-16H2,1-7H3/t19-,20+,21?,22?,23?,25?/m0/s1. The molecule has 0 saturated heterocycles. The van der Waals surface area contributed by atoms with E-state index < -0.39 is 0 Å². The van der Waals surface area contributed by atoms with Crippen molar-refractivity contribution in [2.24, 2.45) is 46.3 Å². The Kier molecular flexibility index (Phi) is 6.18. The predicted octanol–water partition coefficient (Wildman–Crippen LogP) is 6.92. The Bertz CT molecular complexity index is 465. The van der Waals surface area contributed by atoms with Gasteiger partial charge in [0.05, 0.1) is 0 Å². The Balaban J connectivity index is 1.50. The fourth-order valence-corrected chi connectivity index (χ4v) is 6.93. The van der Waals surface area contributed by atoms with Crippen LogP contribution in [0.1, 0.15) is 99.8 Å². The summed E-state index contributed by atoms with van der Waals surface area (Å²) in [7, 11) is 0. The molecule has 0 aromatic carbocycles. The molecule has 4 unspecified atom stereocenters. The van der Waals surface area contributed by atoms with Crippen LogP contribution in [0.3, 0.4) is 0 Å². The number of hydrogen-bond acceptors (Lipinski definition) is 1. The molecule has 3 aliphatic carbocycles. The van der Waals surface area contributed by atoms with E-state index >= 15 is 0 Å². The van der Waals surface area contributed by atoms with Crippen LogP contribution >= 0.6 is 0 Å². The molecule has 1 heteroatoms. The predicted molar refractivity (Wildman–Crippen MR) is 114 cm³/mol. The van der Waals surface area contributed by atoms with Gasteiger partial charge in [-0.3, -0.25) is 0 Å². The van der Waals surface area contributed by atoms with E-state index in [2.05, 4.69) is 53.8 Å². The van der Waals surface area contributed by atoms with Crippen LogP contribution in [0.4, 0.5) is 0 Å². The lowest BCUT2D eigenvalue weighted by Crippen LogP contribution is -2.44. The van der Waals surface area contributed by atoms with Crippen molar-refractivity contribution in [3.63, 3.8) is 0 Å². The lowest BCUT2D eigenvalue weighted by atomic mass is 9.58. The summed E-state index contributed by atoms with van der Waals surface area (Å²) in [5, 5.41) is 4.06. The van der Waals surface area contributed by atoms with Gasteiger partial charge in [0.2, 0.25) is 0 Å². The van der Waals surface area contributed by atoms with E-state index in [4.69, 9.17) is 0 Å². The maximum atomic E-state index is 4.06. The van der Waals surface area contributed by atoms with Crippen molar-refractivity contribution in [3.8, 4) is 0 Å². The Morgan fingerprint density at radius 3 is 2.23 bits per heavy atom. The van der Waals surface area contributed by atoms with Gasteiger partial charge in [0.25, 0.3) is 0 Å². The van der Waals surface area contributed by atoms with Crippen LogP contribution in [0.25, 0.3) is 0 Å². The van der Waals surface area contributed by atoms with Crippen molar-refractivity contribution >= 4 is 0 Å². The summed E-state index contributed by atoms with van der Waals surface area (Å²) in [4.78, 5) is 0. The first-order valence-corrected chi connectivity index (χ1v) is 11.8. The summed E-state index contributed by atoms with van der Waals surface area (Å²) >= 11 is 0. The minimum absolute atomic E-state index is 0.497. The highest BCUT2D eigenvalue weighted by Gasteiger charge is 2.47. The fraction of sp³-hybridized carbons (Fsp3) is 1.00. The third-order valence-electron chi connectivity index (χ3n) is 8.35. The van der Waals surface area contributed by atoms with Gasteiger partial charge in [0.1, 0.15) is 0 Å². The van der Waals surface area contributed by atoms with Crippen LogP contribution in [0, 0.1) is 46.3 Å². The molecular weight excluding hydrogens is 314 g/mol. The highest BCUT2D eigenvalue weighted by atomic mass is 15.0. The van der Waals surface area contributed by atoms with Gasteiger partial charge in [-0.2, -0.15) is 0 Å². The minimum atomic E-state index is 0.497. The average molecular weight is 362 g/mol. The molecule has 3 saturated carbocycles. The molecule has 1 N–H and O–H groups in total. The summed E-state index contributed by atoms with van der Waals surface area (Å²) in [6.45, 7) is 18.6. The highest BCUT2D eigenvalue weighted by molar-refractivity contribution is 5.01. The van der Waals surface area contributed by atoms with E-state index in [0.717, 1.165) is 41.5 Å². The zero-order valence-corrected chi connectivity index (χ0v) is 18.9. The van der Waals surface area contributed by atoms with E-state index in [0.29, 0.717) is 10.8 Å². The van der Waals surface area contributed by atoms with Gasteiger partial charge in [0.15, 0.2) is 0 Å². The van der Waals surface area contributed by atoms with Crippen molar-refractivity contribution in [1.29, 1.82) is 0 Å². The van der Waals surface area contributed by atoms with Gasteiger partial charge in [-0.15, -0.1) is 0 Å². The van der Waals surface area contributed by atoms with Gasteiger partial charge in [-0.25, -0.2) is 0 Å². The first-order chi connectivity index (χ1) is 12.1. The molecule has 0 aromatic heterocycles. The first-order valence-electron chi connectivity index (χ1n) is 11.8. The normalized spacial score (nSPS) is 43.0. The SMILES string of the molecule is CC(C)C1CC(C)(C)CC(C)(CNC2CC2[C@@H]2CCC[C@H](C(C)C)C2)C1. The molecular formula is C25H47N. The number of nitrogens with one attached hydrogen (secondary N) is 1. The summed E-state index contributed by atoms with van der Waals surface area (Å²) in [6.07, 6.45) is 11.7. The Morgan fingerprint density at radius 1 is 0.885 bits per heavy atom. The quantitative estimate of drug-likeness (QED) is 0.541. The van der Waals surface area contributed by atoms with Crippen molar-refractivity contribution in [2.75, 3.05) is 6.54 Å². The van der Waals surface area contributed by atoms with E-state index in [1.165, 1.54) is 57.9 Å². The van der Waals surface area contributed by atoms with Crippen molar-refractivity contribution in [1.82, 2.24) is 5.32 Å². The largest absolute Gasteiger partial charge is 0.313 e. The lowest BCUT2D eigenvalue weighted by Gasteiger charge is -2.48. The second-order valence-corrected chi connectivity index (χ2v) is 12.4. The molecule has 6 atom stereocenters. The molecule has 0 aliphatic heterocycles. The number of rotatable bonds is 6. The molecule has 152 valence electrons. The van der Waals surface area contributed by atoms with Crippen LogP contribution < -0.4 is 5.32 Å². The van der Waals surface area contributed by atoms with Crippen LogP contribution in [-0.4, -0.2) is 12.6 Å². The molecule has 26 heavy (non-hydrogen) atoms. The highest BCUT2D eigenvalue weighted by Crippen LogP contribution is 2.51. The second kappa shape index (κ2) is 7.76. The molecule has 0 bridgehead atoms. The smallest absolute Gasteiger partial charge is 0.0102 e. The summed E-state index contributed by atoms with van der Waals surface area (Å²) in [5.41, 5.74) is 1.01. The molecule has 3 rings (SSSR count). The summed E-state index contributed by atoms with van der Waals surface area (Å²) in [6, 6.07) is 0.838. The molecule has 0 aromatic rings. The van der Waals surface area contributed by atoms with Gasteiger partial charge in [0, 0.05) is 12.6 Å². The molecule has 0 spiro atoms.